The second kappa shape index (κ2) is 6.55. The number of aliphatic hydroxyl groups excluding tert-OH is 1. The monoisotopic (exact) mass is 371 g/mol. The average molecular weight is 372 g/mol. The van der Waals surface area contributed by atoms with Gasteiger partial charge < -0.3 is 9.84 Å². The fourth-order valence-electron chi connectivity index (χ4n) is 2.76. The summed E-state index contributed by atoms with van der Waals surface area (Å²) in [6.45, 7) is 2.09. The van der Waals surface area contributed by atoms with Gasteiger partial charge in [-0.25, -0.2) is 9.97 Å². The van der Waals surface area contributed by atoms with Crippen molar-refractivity contribution in [3.8, 4) is 17.1 Å². The maximum atomic E-state index is 9.00. The summed E-state index contributed by atoms with van der Waals surface area (Å²) in [5, 5.41) is 10.1. The van der Waals surface area contributed by atoms with E-state index >= 15 is 0 Å². The Bertz CT molecular complexity index is 1070. The number of nitrogens with zero attached hydrogens (tertiary/aromatic N) is 3. The van der Waals surface area contributed by atoms with Gasteiger partial charge in [-0.1, -0.05) is 30.3 Å². The van der Waals surface area contributed by atoms with Crippen molar-refractivity contribution < 1.29 is 9.84 Å². The van der Waals surface area contributed by atoms with Crippen molar-refractivity contribution in [2.24, 2.45) is 0 Å². The summed E-state index contributed by atoms with van der Waals surface area (Å²) in [6.07, 6.45) is 0. The number of fused-ring (bicyclic) bond motifs is 3. The van der Waals surface area contributed by atoms with Crippen molar-refractivity contribution in [1.29, 1.82) is 0 Å². The lowest BCUT2D eigenvalue weighted by atomic mass is 10.1. The first kappa shape index (κ1) is 16.2. The summed E-state index contributed by atoms with van der Waals surface area (Å²) >= 11 is 7.53. The van der Waals surface area contributed by atoms with Crippen molar-refractivity contribution in [2.45, 2.75) is 6.92 Å². The van der Waals surface area contributed by atoms with E-state index in [2.05, 4.69) is 9.97 Å². The topological polar surface area (TPSA) is 68.1 Å². The van der Waals surface area contributed by atoms with E-state index < -0.39 is 0 Å². The molecule has 3 aromatic heterocycles. The number of rotatable bonds is 4. The second-order valence-electron chi connectivity index (χ2n) is 5.52. The van der Waals surface area contributed by atoms with E-state index in [1.54, 1.807) is 0 Å². The molecule has 0 fully saturated rings. The summed E-state index contributed by atoms with van der Waals surface area (Å²) < 4.78 is 6.32. The molecule has 0 aliphatic rings. The van der Waals surface area contributed by atoms with Crippen molar-refractivity contribution in [3.05, 3.63) is 47.2 Å². The van der Waals surface area contributed by atoms with Crippen LogP contribution in [0.15, 0.2) is 36.4 Å². The minimum atomic E-state index is -0.0938. The van der Waals surface area contributed by atoms with Crippen molar-refractivity contribution in [2.75, 3.05) is 13.2 Å². The summed E-state index contributed by atoms with van der Waals surface area (Å²) in [5.41, 5.74) is 3.77. The second-order valence-corrected chi connectivity index (χ2v) is 6.86. The number of benzene rings is 1. The third kappa shape index (κ3) is 2.93. The number of aryl methyl sites for hydroxylation is 1. The molecule has 1 N–H and O–H groups in total. The average Bonchev–Trinajstić information content (AvgIpc) is 2.99. The molecular formula is C18H14ClN3O2S. The van der Waals surface area contributed by atoms with Gasteiger partial charge in [-0.2, -0.15) is 4.98 Å². The molecular weight excluding hydrogens is 358 g/mol. The van der Waals surface area contributed by atoms with Gasteiger partial charge in [0.15, 0.2) is 0 Å². The van der Waals surface area contributed by atoms with Crippen LogP contribution < -0.4 is 4.74 Å². The van der Waals surface area contributed by atoms with E-state index in [0.29, 0.717) is 5.88 Å². The zero-order valence-electron chi connectivity index (χ0n) is 13.4. The van der Waals surface area contributed by atoms with E-state index in [9.17, 15) is 0 Å². The molecule has 0 spiro atoms. The van der Waals surface area contributed by atoms with Crippen LogP contribution in [-0.4, -0.2) is 33.3 Å². The summed E-state index contributed by atoms with van der Waals surface area (Å²) in [5.74, 6) is 0.382. The number of halogens is 1. The number of pyridine rings is 1. The van der Waals surface area contributed by atoms with E-state index in [0.717, 1.165) is 37.3 Å². The standard InChI is InChI=1S/C18H14ClN3O2S/c1-10-9-12(11-5-3-2-4-6-11)20-17-13(10)14-15(25-17)16(24-8-7-23)22-18(19)21-14/h2-6,9,23H,7-8H2,1H3. The minimum absolute atomic E-state index is 0.0938. The highest BCUT2D eigenvalue weighted by Crippen LogP contribution is 2.39. The number of hydrogen-bond acceptors (Lipinski definition) is 6. The molecule has 126 valence electrons. The van der Waals surface area contributed by atoms with Gasteiger partial charge in [0.2, 0.25) is 11.2 Å². The minimum Gasteiger partial charge on any atom is -0.474 e. The Hall–Kier alpha value is -2.28. The quantitative estimate of drug-likeness (QED) is 0.543. The molecule has 3 heterocycles. The maximum Gasteiger partial charge on any atom is 0.236 e. The van der Waals surface area contributed by atoms with Crippen LogP contribution in [0, 0.1) is 6.92 Å². The van der Waals surface area contributed by atoms with Gasteiger partial charge in [0.1, 0.15) is 16.1 Å². The lowest BCUT2D eigenvalue weighted by Crippen LogP contribution is -2.03. The van der Waals surface area contributed by atoms with Crippen LogP contribution in [0.2, 0.25) is 5.28 Å². The number of aromatic nitrogens is 3. The SMILES string of the molecule is Cc1cc(-c2ccccc2)nc2sc3c(OCCO)nc(Cl)nc3c12. The smallest absolute Gasteiger partial charge is 0.236 e. The lowest BCUT2D eigenvalue weighted by Gasteiger charge is -2.05. The summed E-state index contributed by atoms with van der Waals surface area (Å²) in [4.78, 5) is 14.2. The first-order valence-corrected chi connectivity index (χ1v) is 8.93. The fraction of sp³-hybridized carbons (Fsp3) is 0.167. The van der Waals surface area contributed by atoms with Crippen molar-refractivity contribution in [3.63, 3.8) is 0 Å². The van der Waals surface area contributed by atoms with Gasteiger partial charge in [-0.05, 0) is 30.2 Å². The van der Waals surface area contributed by atoms with Crippen LogP contribution in [0.1, 0.15) is 5.56 Å². The molecule has 0 saturated carbocycles. The predicted molar refractivity (Wildman–Crippen MR) is 100 cm³/mol. The van der Waals surface area contributed by atoms with Crippen LogP contribution in [0.5, 0.6) is 5.88 Å². The highest BCUT2D eigenvalue weighted by Gasteiger charge is 2.18. The first-order chi connectivity index (χ1) is 12.2. The Labute approximate surface area is 152 Å². The van der Waals surface area contributed by atoms with Gasteiger partial charge in [0, 0.05) is 10.9 Å². The van der Waals surface area contributed by atoms with Gasteiger partial charge in [0.25, 0.3) is 0 Å². The van der Waals surface area contributed by atoms with Gasteiger partial charge in [-0.15, -0.1) is 11.3 Å². The lowest BCUT2D eigenvalue weighted by molar-refractivity contribution is 0.198. The molecule has 0 amide bonds. The molecule has 0 radical (unpaired) electrons. The largest absolute Gasteiger partial charge is 0.474 e. The molecule has 0 bridgehead atoms. The summed E-state index contributed by atoms with van der Waals surface area (Å²) in [6, 6.07) is 12.1. The normalized spacial score (nSPS) is 11.3. The Morgan fingerprint density at radius 1 is 1.16 bits per heavy atom. The van der Waals surface area contributed by atoms with E-state index in [1.165, 1.54) is 11.3 Å². The molecule has 0 aliphatic carbocycles. The van der Waals surface area contributed by atoms with Crippen LogP contribution in [0.25, 0.3) is 31.7 Å². The number of ether oxygens (including phenoxy) is 1. The molecule has 0 unspecified atom stereocenters. The first-order valence-electron chi connectivity index (χ1n) is 7.74. The fourth-order valence-corrected chi connectivity index (χ4v) is 4.06. The van der Waals surface area contributed by atoms with Crippen LogP contribution in [-0.2, 0) is 0 Å². The van der Waals surface area contributed by atoms with E-state index in [1.807, 2.05) is 43.3 Å². The van der Waals surface area contributed by atoms with Gasteiger partial charge in [-0.3, -0.25) is 0 Å². The highest BCUT2D eigenvalue weighted by molar-refractivity contribution is 7.25. The van der Waals surface area contributed by atoms with Gasteiger partial charge in [0.05, 0.1) is 17.8 Å². The predicted octanol–water partition coefficient (Wildman–Crippen LogP) is 4.24. The molecule has 25 heavy (non-hydrogen) atoms. The Morgan fingerprint density at radius 2 is 1.96 bits per heavy atom. The molecule has 0 saturated heterocycles. The van der Waals surface area contributed by atoms with Crippen LogP contribution in [0.3, 0.4) is 0 Å². The van der Waals surface area contributed by atoms with E-state index in [4.69, 9.17) is 26.4 Å². The summed E-state index contributed by atoms with van der Waals surface area (Å²) in [7, 11) is 0. The molecule has 7 heteroatoms. The molecule has 0 atom stereocenters. The highest BCUT2D eigenvalue weighted by atomic mass is 35.5. The third-order valence-electron chi connectivity index (χ3n) is 3.83. The molecule has 1 aromatic carbocycles. The maximum absolute atomic E-state index is 9.00. The zero-order chi connectivity index (χ0) is 17.4. The molecule has 0 aliphatic heterocycles. The molecule has 4 rings (SSSR count). The molecule has 5 nitrogen and oxygen atoms in total. The van der Waals surface area contributed by atoms with E-state index in [-0.39, 0.29) is 18.5 Å². The number of aliphatic hydroxyl groups is 1. The van der Waals surface area contributed by atoms with Gasteiger partial charge >= 0.3 is 0 Å². The zero-order valence-corrected chi connectivity index (χ0v) is 14.9. The van der Waals surface area contributed by atoms with Crippen molar-refractivity contribution >= 4 is 43.4 Å². The third-order valence-corrected chi connectivity index (χ3v) is 5.06. The Balaban J connectivity index is 1.97. The number of thiophene rings is 1. The van der Waals surface area contributed by atoms with Crippen LogP contribution >= 0.6 is 22.9 Å². The molecule has 4 aromatic rings. The Morgan fingerprint density at radius 3 is 2.72 bits per heavy atom. The van der Waals surface area contributed by atoms with Crippen molar-refractivity contribution in [1.82, 2.24) is 15.0 Å². The Kier molecular flexibility index (Phi) is 4.25. The van der Waals surface area contributed by atoms with Crippen LogP contribution in [0.4, 0.5) is 0 Å². The number of hydrogen-bond donors (Lipinski definition) is 1.